The van der Waals surface area contributed by atoms with Crippen molar-refractivity contribution in [2.24, 2.45) is 0 Å². The molecule has 0 atom stereocenters. The monoisotopic (exact) mass is 388 g/mol. The molecule has 3 rings (SSSR count). The van der Waals surface area contributed by atoms with E-state index in [2.05, 4.69) is 22.3 Å². The van der Waals surface area contributed by atoms with Crippen LogP contribution in [0.5, 0.6) is 5.75 Å². The van der Waals surface area contributed by atoms with Gasteiger partial charge in [0.05, 0.1) is 7.11 Å². The maximum atomic E-state index is 12.3. The fourth-order valence-electron chi connectivity index (χ4n) is 3.25. The van der Waals surface area contributed by atoms with E-state index in [1.165, 1.54) is 11.5 Å². The summed E-state index contributed by atoms with van der Waals surface area (Å²) in [6, 6.07) is 8.01. The first-order chi connectivity index (χ1) is 13.2. The van der Waals surface area contributed by atoms with E-state index in [-0.39, 0.29) is 5.91 Å². The predicted molar refractivity (Wildman–Crippen MR) is 109 cm³/mol. The average Bonchev–Trinajstić information content (AvgIpc) is 3.00. The van der Waals surface area contributed by atoms with Crippen molar-refractivity contribution in [3.8, 4) is 5.75 Å². The summed E-state index contributed by atoms with van der Waals surface area (Å²) in [5, 5.41) is 0.954. The molecular formula is C20H28N4O2S. The zero-order valence-corrected chi connectivity index (χ0v) is 17.0. The van der Waals surface area contributed by atoms with Gasteiger partial charge in [-0.15, -0.1) is 0 Å². The number of anilines is 1. The molecule has 0 bridgehead atoms. The lowest BCUT2D eigenvalue weighted by Gasteiger charge is -2.21. The lowest BCUT2D eigenvalue weighted by molar-refractivity contribution is -0.131. The zero-order valence-electron chi connectivity index (χ0n) is 16.2. The first-order valence-electron chi connectivity index (χ1n) is 9.68. The average molecular weight is 389 g/mol. The number of benzene rings is 1. The second-order valence-corrected chi connectivity index (χ2v) is 7.58. The summed E-state index contributed by atoms with van der Waals surface area (Å²) >= 11 is 1.45. The highest BCUT2D eigenvalue weighted by atomic mass is 32.1. The van der Waals surface area contributed by atoms with Gasteiger partial charge in [0.25, 0.3) is 0 Å². The van der Waals surface area contributed by atoms with E-state index in [9.17, 15) is 4.79 Å². The van der Waals surface area contributed by atoms with Gasteiger partial charge in [0.1, 0.15) is 11.6 Å². The largest absolute Gasteiger partial charge is 0.497 e. The van der Waals surface area contributed by atoms with Crippen LogP contribution in [0.3, 0.4) is 0 Å². The Bertz CT molecular complexity index is 749. The molecular weight excluding hydrogens is 360 g/mol. The standard InChI is InChI=1S/C20H28N4O2S/c1-3-4-9-19(25)23-10-6-11-24(13-12-23)20-21-18(22-27-20)15-16-7-5-8-17(14-16)26-2/h5,7-8,14H,3-4,6,9-13,15H2,1-2H3. The SMILES string of the molecule is CCCCC(=O)N1CCCN(c2nc(Cc3cccc(OC)c3)ns2)CC1. The van der Waals surface area contributed by atoms with Gasteiger partial charge in [0.2, 0.25) is 11.0 Å². The van der Waals surface area contributed by atoms with Gasteiger partial charge in [-0.2, -0.15) is 4.37 Å². The lowest BCUT2D eigenvalue weighted by Crippen LogP contribution is -2.35. The molecule has 7 heteroatoms. The molecule has 1 aliphatic heterocycles. The van der Waals surface area contributed by atoms with Gasteiger partial charge in [-0.05, 0) is 30.5 Å². The number of ether oxygens (including phenoxy) is 1. The van der Waals surface area contributed by atoms with Gasteiger partial charge >= 0.3 is 0 Å². The van der Waals surface area contributed by atoms with Gasteiger partial charge in [0, 0.05) is 50.6 Å². The number of rotatable bonds is 7. The Morgan fingerprint density at radius 3 is 2.96 bits per heavy atom. The van der Waals surface area contributed by atoms with Crippen LogP contribution in [0.1, 0.15) is 44.0 Å². The van der Waals surface area contributed by atoms with Gasteiger partial charge in [-0.3, -0.25) is 4.79 Å². The second-order valence-electron chi connectivity index (χ2n) is 6.85. The third kappa shape index (κ3) is 5.42. The Labute approximate surface area is 165 Å². The van der Waals surface area contributed by atoms with Crippen LogP contribution in [0.2, 0.25) is 0 Å². The number of amides is 1. The summed E-state index contributed by atoms with van der Waals surface area (Å²) in [5.41, 5.74) is 1.14. The molecule has 27 heavy (non-hydrogen) atoms. The molecule has 6 nitrogen and oxygen atoms in total. The maximum absolute atomic E-state index is 12.3. The van der Waals surface area contributed by atoms with Crippen molar-refractivity contribution in [1.82, 2.24) is 14.3 Å². The highest BCUT2D eigenvalue weighted by Crippen LogP contribution is 2.22. The molecule has 0 saturated carbocycles. The van der Waals surface area contributed by atoms with Crippen molar-refractivity contribution in [3.05, 3.63) is 35.7 Å². The van der Waals surface area contributed by atoms with Crippen LogP contribution in [0.25, 0.3) is 0 Å². The maximum Gasteiger partial charge on any atom is 0.222 e. The van der Waals surface area contributed by atoms with Crippen LogP contribution >= 0.6 is 11.5 Å². The number of hydrogen-bond acceptors (Lipinski definition) is 6. The van der Waals surface area contributed by atoms with E-state index in [4.69, 9.17) is 9.72 Å². The number of carbonyl (C=O) groups excluding carboxylic acids is 1. The summed E-state index contributed by atoms with van der Waals surface area (Å²) < 4.78 is 9.82. The van der Waals surface area contributed by atoms with Gasteiger partial charge < -0.3 is 14.5 Å². The van der Waals surface area contributed by atoms with E-state index in [0.717, 1.165) is 67.7 Å². The molecule has 1 saturated heterocycles. The van der Waals surface area contributed by atoms with Crippen LogP contribution in [-0.4, -0.2) is 53.5 Å². The first-order valence-corrected chi connectivity index (χ1v) is 10.4. The highest BCUT2D eigenvalue weighted by Gasteiger charge is 2.21. The molecule has 0 unspecified atom stereocenters. The topological polar surface area (TPSA) is 58.6 Å². The van der Waals surface area contributed by atoms with Crippen molar-refractivity contribution >= 4 is 22.6 Å². The molecule has 1 fully saturated rings. The molecule has 0 N–H and O–H groups in total. The van der Waals surface area contributed by atoms with E-state index < -0.39 is 0 Å². The summed E-state index contributed by atoms with van der Waals surface area (Å²) in [6.07, 6.45) is 4.38. The van der Waals surface area contributed by atoms with Gasteiger partial charge in [-0.1, -0.05) is 25.5 Å². The molecule has 1 amide bonds. The number of hydrogen-bond donors (Lipinski definition) is 0. The molecule has 1 aromatic heterocycles. The van der Waals surface area contributed by atoms with Crippen LogP contribution < -0.4 is 9.64 Å². The molecule has 0 radical (unpaired) electrons. The Hall–Kier alpha value is -2.15. The minimum absolute atomic E-state index is 0.287. The summed E-state index contributed by atoms with van der Waals surface area (Å²) in [5.74, 6) is 1.97. The molecule has 0 spiro atoms. The normalized spacial score (nSPS) is 14.9. The molecule has 2 heterocycles. The van der Waals surface area contributed by atoms with E-state index in [0.29, 0.717) is 12.8 Å². The van der Waals surface area contributed by atoms with Gasteiger partial charge in [0.15, 0.2) is 0 Å². The Balaban J connectivity index is 1.58. The predicted octanol–water partition coefficient (Wildman–Crippen LogP) is 3.37. The van der Waals surface area contributed by atoms with Crippen LogP contribution in [0.15, 0.2) is 24.3 Å². The number of aromatic nitrogens is 2. The van der Waals surface area contributed by atoms with E-state index in [1.54, 1.807) is 7.11 Å². The third-order valence-corrected chi connectivity index (χ3v) is 5.63. The van der Waals surface area contributed by atoms with E-state index in [1.807, 2.05) is 23.1 Å². The molecule has 146 valence electrons. The summed E-state index contributed by atoms with van der Waals surface area (Å²) in [7, 11) is 1.67. The van der Waals surface area contributed by atoms with Crippen molar-refractivity contribution in [3.63, 3.8) is 0 Å². The Morgan fingerprint density at radius 2 is 2.15 bits per heavy atom. The van der Waals surface area contributed by atoms with Crippen LogP contribution in [0, 0.1) is 0 Å². The van der Waals surface area contributed by atoms with Crippen LogP contribution in [0.4, 0.5) is 5.13 Å². The Morgan fingerprint density at radius 1 is 1.26 bits per heavy atom. The summed E-state index contributed by atoms with van der Waals surface area (Å²) in [4.78, 5) is 21.3. The first kappa shape index (κ1) is 19.6. The number of unbranched alkanes of at least 4 members (excludes halogenated alkanes) is 1. The summed E-state index contributed by atoms with van der Waals surface area (Å²) in [6.45, 7) is 5.48. The number of carbonyl (C=O) groups is 1. The molecule has 0 aliphatic carbocycles. The third-order valence-electron chi connectivity index (χ3n) is 4.82. The molecule has 2 aromatic rings. The lowest BCUT2D eigenvalue weighted by atomic mass is 10.1. The van der Waals surface area contributed by atoms with Crippen molar-refractivity contribution < 1.29 is 9.53 Å². The quantitative estimate of drug-likeness (QED) is 0.728. The smallest absolute Gasteiger partial charge is 0.222 e. The number of nitrogens with zero attached hydrogens (tertiary/aromatic N) is 4. The van der Waals surface area contributed by atoms with Crippen molar-refractivity contribution in [2.75, 3.05) is 38.2 Å². The minimum atomic E-state index is 0.287. The minimum Gasteiger partial charge on any atom is -0.497 e. The van der Waals surface area contributed by atoms with Gasteiger partial charge in [-0.25, -0.2) is 4.98 Å². The fraction of sp³-hybridized carbons (Fsp3) is 0.550. The zero-order chi connectivity index (χ0) is 19.1. The van der Waals surface area contributed by atoms with Crippen LogP contribution in [-0.2, 0) is 11.2 Å². The molecule has 1 aliphatic rings. The number of methoxy groups -OCH3 is 1. The highest BCUT2D eigenvalue weighted by molar-refractivity contribution is 7.09. The fourth-order valence-corrected chi connectivity index (χ4v) is 3.99. The second kappa shape index (κ2) is 9.69. The Kier molecular flexibility index (Phi) is 7.04. The van der Waals surface area contributed by atoms with Crippen molar-refractivity contribution in [1.29, 1.82) is 0 Å². The van der Waals surface area contributed by atoms with Crippen molar-refractivity contribution in [2.45, 2.75) is 39.0 Å². The van der Waals surface area contributed by atoms with E-state index >= 15 is 0 Å². The molecule has 1 aromatic carbocycles.